The van der Waals surface area contributed by atoms with Crippen LogP contribution in [0.5, 0.6) is 0 Å². The minimum absolute atomic E-state index is 0.122. The fraction of sp³-hybridized carbons (Fsp3) is 0.429. The highest BCUT2D eigenvalue weighted by molar-refractivity contribution is 6.22. The van der Waals surface area contributed by atoms with Gasteiger partial charge in [-0.25, -0.2) is 19.3 Å². The molecule has 2 aliphatic rings. The van der Waals surface area contributed by atoms with Crippen LogP contribution in [0.3, 0.4) is 0 Å². The molecule has 0 saturated carbocycles. The number of piperidine rings is 1. The number of nitrogens with zero attached hydrogens (tertiary/aromatic N) is 4. The number of carbonyl (C=O) groups is 2. The van der Waals surface area contributed by atoms with Gasteiger partial charge in [0, 0.05) is 30.5 Å². The van der Waals surface area contributed by atoms with Gasteiger partial charge in [0.2, 0.25) is 11.9 Å². The first-order chi connectivity index (χ1) is 13.9. The Balaban J connectivity index is 1.36. The van der Waals surface area contributed by atoms with Crippen molar-refractivity contribution < 1.29 is 14.0 Å². The molecule has 3 heterocycles. The van der Waals surface area contributed by atoms with Crippen LogP contribution in [-0.4, -0.2) is 47.0 Å². The van der Waals surface area contributed by atoms with E-state index >= 15 is 0 Å². The number of hydrogen-bond acceptors (Lipinski definition) is 6. The third-order valence-electron chi connectivity index (χ3n) is 5.42. The van der Waals surface area contributed by atoms with Crippen LogP contribution in [-0.2, 0) is 9.59 Å². The van der Waals surface area contributed by atoms with Crippen LogP contribution in [0.4, 0.5) is 16.0 Å². The Morgan fingerprint density at radius 2 is 1.66 bits per heavy atom. The smallest absolute Gasteiger partial charge is 0.251 e. The Labute approximate surface area is 168 Å². The van der Waals surface area contributed by atoms with Crippen LogP contribution in [0.25, 0.3) is 0 Å². The Hall–Kier alpha value is -2.87. The summed E-state index contributed by atoms with van der Waals surface area (Å²) in [5, 5.41) is 3.35. The van der Waals surface area contributed by atoms with Crippen molar-refractivity contribution in [1.82, 2.24) is 15.3 Å². The number of rotatable bonds is 4. The molecule has 2 aliphatic heterocycles. The zero-order chi connectivity index (χ0) is 20.5. The SMILES string of the molecule is Cc1cc(C)nc(N2CCC(N[C@@H]3CC(=O)N(c4ccc(F)cc4)C3=O)CC2)n1. The number of amides is 2. The quantitative estimate of drug-likeness (QED) is 0.797. The molecule has 2 saturated heterocycles. The van der Waals surface area contributed by atoms with Crippen LogP contribution >= 0.6 is 0 Å². The molecule has 0 bridgehead atoms. The summed E-state index contributed by atoms with van der Waals surface area (Å²) in [6.07, 6.45) is 1.80. The Bertz CT molecular complexity index is 905. The minimum atomic E-state index is -0.540. The second kappa shape index (κ2) is 7.87. The summed E-state index contributed by atoms with van der Waals surface area (Å²) in [6.45, 7) is 5.50. The zero-order valence-electron chi connectivity index (χ0n) is 16.6. The number of anilines is 2. The van der Waals surface area contributed by atoms with Crippen molar-refractivity contribution in [2.75, 3.05) is 22.9 Å². The van der Waals surface area contributed by atoms with Crippen molar-refractivity contribution in [3.8, 4) is 0 Å². The molecule has 4 rings (SSSR count). The number of halogens is 1. The average Bonchev–Trinajstić information content (AvgIpc) is 2.96. The minimum Gasteiger partial charge on any atom is -0.341 e. The molecule has 2 amide bonds. The van der Waals surface area contributed by atoms with E-state index in [0.29, 0.717) is 5.69 Å². The Kier molecular flexibility index (Phi) is 5.27. The van der Waals surface area contributed by atoms with Crippen LogP contribution in [0.2, 0.25) is 0 Å². The van der Waals surface area contributed by atoms with Crippen molar-refractivity contribution in [3.63, 3.8) is 0 Å². The van der Waals surface area contributed by atoms with Gasteiger partial charge in [-0.05, 0) is 57.0 Å². The molecule has 29 heavy (non-hydrogen) atoms. The third kappa shape index (κ3) is 4.12. The molecule has 2 fully saturated rings. The van der Waals surface area contributed by atoms with Gasteiger partial charge >= 0.3 is 0 Å². The normalized spacial score (nSPS) is 20.6. The lowest BCUT2D eigenvalue weighted by Gasteiger charge is -2.33. The van der Waals surface area contributed by atoms with E-state index < -0.39 is 11.9 Å². The largest absolute Gasteiger partial charge is 0.341 e. The van der Waals surface area contributed by atoms with Gasteiger partial charge in [0.25, 0.3) is 5.91 Å². The molecule has 0 aliphatic carbocycles. The number of hydrogen-bond donors (Lipinski definition) is 1. The van der Waals surface area contributed by atoms with E-state index in [1.165, 1.54) is 24.3 Å². The molecule has 1 aromatic heterocycles. The molecule has 0 radical (unpaired) electrons. The highest BCUT2D eigenvalue weighted by atomic mass is 19.1. The second-order valence-electron chi connectivity index (χ2n) is 7.68. The van der Waals surface area contributed by atoms with Crippen LogP contribution < -0.4 is 15.1 Å². The highest BCUT2D eigenvalue weighted by Crippen LogP contribution is 2.25. The number of aromatic nitrogens is 2. The summed E-state index contributed by atoms with van der Waals surface area (Å²) in [4.78, 5) is 37.5. The van der Waals surface area contributed by atoms with Gasteiger partial charge in [-0.3, -0.25) is 9.59 Å². The van der Waals surface area contributed by atoms with Crippen LogP contribution in [0, 0.1) is 19.7 Å². The van der Waals surface area contributed by atoms with Gasteiger partial charge in [-0.2, -0.15) is 0 Å². The molecule has 0 spiro atoms. The maximum atomic E-state index is 13.1. The van der Waals surface area contributed by atoms with Crippen LogP contribution in [0.1, 0.15) is 30.7 Å². The van der Waals surface area contributed by atoms with E-state index in [1.807, 2.05) is 19.9 Å². The maximum absolute atomic E-state index is 13.1. The molecule has 2 aromatic rings. The van der Waals surface area contributed by atoms with E-state index in [1.54, 1.807) is 0 Å². The van der Waals surface area contributed by atoms with Crippen molar-refractivity contribution in [2.45, 2.75) is 45.2 Å². The predicted molar refractivity (Wildman–Crippen MR) is 107 cm³/mol. The fourth-order valence-corrected chi connectivity index (χ4v) is 4.00. The van der Waals surface area contributed by atoms with Crippen LogP contribution in [0.15, 0.2) is 30.3 Å². The first-order valence-electron chi connectivity index (χ1n) is 9.86. The first kappa shape index (κ1) is 19.4. The van der Waals surface area contributed by atoms with Gasteiger partial charge in [0.05, 0.1) is 18.2 Å². The fourth-order valence-electron chi connectivity index (χ4n) is 4.00. The molecule has 1 N–H and O–H groups in total. The van der Waals surface area contributed by atoms with Crippen molar-refractivity contribution >= 4 is 23.5 Å². The van der Waals surface area contributed by atoms with E-state index in [4.69, 9.17) is 0 Å². The summed E-state index contributed by atoms with van der Waals surface area (Å²) in [5.41, 5.74) is 2.31. The van der Waals surface area contributed by atoms with Gasteiger partial charge in [-0.15, -0.1) is 0 Å². The molecule has 1 aromatic carbocycles. The Morgan fingerprint density at radius 3 is 2.28 bits per heavy atom. The lowest BCUT2D eigenvalue weighted by Crippen LogP contribution is -2.49. The monoisotopic (exact) mass is 397 g/mol. The number of nitrogens with one attached hydrogen (secondary N) is 1. The standard InChI is InChI=1S/C21H24FN5O2/c1-13-11-14(2)24-21(23-13)26-9-7-16(8-10-26)25-18-12-19(28)27(20(18)29)17-5-3-15(22)4-6-17/h3-6,11,16,18,25H,7-10,12H2,1-2H3/t18-/m1/s1. The third-order valence-corrected chi connectivity index (χ3v) is 5.42. The number of carbonyl (C=O) groups excluding carboxylic acids is 2. The number of aryl methyl sites for hydroxylation is 2. The zero-order valence-corrected chi connectivity index (χ0v) is 16.6. The van der Waals surface area contributed by atoms with Gasteiger partial charge in [0.15, 0.2) is 0 Å². The van der Waals surface area contributed by atoms with E-state index in [9.17, 15) is 14.0 Å². The summed E-state index contributed by atoms with van der Waals surface area (Å²) >= 11 is 0. The lowest BCUT2D eigenvalue weighted by atomic mass is 10.0. The highest BCUT2D eigenvalue weighted by Gasteiger charge is 2.40. The number of imide groups is 1. The Morgan fingerprint density at radius 1 is 1.03 bits per heavy atom. The number of benzene rings is 1. The summed E-state index contributed by atoms with van der Waals surface area (Å²) in [5.74, 6) is -0.195. The van der Waals surface area contributed by atoms with E-state index in [-0.39, 0.29) is 24.3 Å². The van der Waals surface area contributed by atoms with E-state index in [2.05, 4.69) is 20.2 Å². The van der Waals surface area contributed by atoms with Crippen molar-refractivity contribution in [1.29, 1.82) is 0 Å². The topological polar surface area (TPSA) is 78.4 Å². The van der Waals surface area contributed by atoms with Crippen molar-refractivity contribution in [2.24, 2.45) is 0 Å². The molecule has 0 unspecified atom stereocenters. The summed E-state index contributed by atoms with van der Waals surface area (Å²) in [6, 6.07) is 6.97. The molecule has 8 heteroatoms. The van der Waals surface area contributed by atoms with Crippen molar-refractivity contribution in [3.05, 3.63) is 47.5 Å². The molecular weight excluding hydrogens is 373 g/mol. The second-order valence-corrected chi connectivity index (χ2v) is 7.68. The molecule has 7 nitrogen and oxygen atoms in total. The maximum Gasteiger partial charge on any atom is 0.251 e. The molecule has 152 valence electrons. The van der Waals surface area contributed by atoms with Gasteiger partial charge < -0.3 is 10.2 Å². The summed E-state index contributed by atoms with van der Waals surface area (Å²) in [7, 11) is 0. The van der Waals surface area contributed by atoms with Gasteiger partial charge in [0.1, 0.15) is 5.82 Å². The average molecular weight is 397 g/mol. The molecular formula is C21H24FN5O2. The lowest BCUT2D eigenvalue weighted by molar-refractivity contribution is -0.121. The summed E-state index contributed by atoms with van der Waals surface area (Å²) < 4.78 is 13.1. The van der Waals surface area contributed by atoms with Gasteiger partial charge in [-0.1, -0.05) is 0 Å². The predicted octanol–water partition coefficient (Wildman–Crippen LogP) is 2.12. The molecule has 1 atom stereocenters. The van der Waals surface area contributed by atoms with E-state index in [0.717, 1.165) is 48.2 Å². The first-order valence-corrected chi connectivity index (χ1v) is 9.86.